The van der Waals surface area contributed by atoms with E-state index in [2.05, 4.69) is 0 Å². The van der Waals surface area contributed by atoms with Crippen molar-refractivity contribution in [1.82, 2.24) is 0 Å². The summed E-state index contributed by atoms with van der Waals surface area (Å²) < 4.78 is 45.1. The lowest BCUT2D eigenvalue weighted by Crippen LogP contribution is -2.29. The van der Waals surface area contributed by atoms with Gasteiger partial charge in [0, 0.05) is 0 Å². The van der Waals surface area contributed by atoms with Gasteiger partial charge in [-0.3, -0.25) is 0 Å². The van der Waals surface area contributed by atoms with Crippen LogP contribution in [-0.4, -0.2) is 48.1 Å². The Hall–Kier alpha value is -0.370. The smallest absolute Gasteiger partial charge is 0.393 e. The molecular weight excluding hydrogens is 205 g/mol. The molecule has 0 spiro atoms. The first-order chi connectivity index (χ1) is 6.46. The van der Waals surface area contributed by atoms with Crippen LogP contribution >= 0.6 is 0 Å². The lowest BCUT2D eigenvalue weighted by Gasteiger charge is -2.12. The Balaban J connectivity index is 2.45. The Morgan fingerprint density at radius 2 is 1.43 bits per heavy atom. The maximum Gasteiger partial charge on any atom is 0.393 e. The van der Waals surface area contributed by atoms with Crippen molar-refractivity contribution in [1.29, 1.82) is 0 Å². The van der Waals surface area contributed by atoms with Crippen molar-refractivity contribution < 1.29 is 32.9 Å². The minimum Gasteiger partial charge on any atom is -0.394 e. The molecule has 2 atom stereocenters. The molecule has 0 aliphatic carbocycles. The van der Waals surface area contributed by atoms with E-state index in [0.717, 1.165) is 0 Å². The summed E-state index contributed by atoms with van der Waals surface area (Å²) in [5, 5.41) is 17.4. The van der Waals surface area contributed by atoms with E-state index in [1.165, 1.54) is 0 Å². The van der Waals surface area contributed by atoms with Gasteiger partial charge in [-0.1, -0.05) is 0 Å². The van der Waals surface area contributed by atoms with Crippen LogP contribution < -0.4 is 0 Å². The molecule has 2 unspecified atom stereocenters. The van der Waals surface area contributed by atoms with E-state index in [-0.39, 0.29) is 0 Å². The number of aliphatic hydroxyl groups is 2. The molecule has 0 saturated carbocycles. The Kier molecular flexibility index (Phi) is 3.71. The van der Waals surface area contributed by atoms with Crippen LogP contribution in [-0.2, 0) is 9.47 Å². The zero-order valence-electron chi connectivity index (χ0n) is 7.20. The maximum absolute atomic E-state index is 11.9. The van der Waals surface area contributed by atoms with Gasteiger partial charge in [-0.05, 0) is 0 Å². The van der Waals surface area contributed by atoms with Crippen molar-refractivity contribution in [2.45, 2.75) is 31.1 Å². The lowest BCUT2D eigenvalue weighted by molar-refractivity contribution is -0.194. The highest BCUT2D eigenvalue weighted by molar-refractivity contribution is 4.77. The third-order valence-corrected chi connectivity index (χ3v) is 1.83. The molecule has 1 saturated heterocycles. The van der Waals surface area contributed by atoms with Crippen molar-refractivity contribution >= 4 is 0 Å². The first kappa shape index (κ1) is 11.7. The van der Waals surface area contributed by atoms with Crippen LogP contribution in [0, 0.1) is 0 Å². The quantitative estimate of drug-likeness (QED) is 0.699. The van der Waals surface area contributed by atoms with Crippen LogP contribution in [0.5, 0.6) is 0 Å². The molecule has 1 heterocycles. The Labute approximate surface area is 78.2 Å². The highest BCUT2D eigenvalue weighted by atomic mass is 19.4. The topological polar surface area (TPSA) is 58.9 Å². The summed E-state index contributed by atoms with van der Waals surface area (Å²) in [7, 11) is 0. The summed E-state index contributed by atoms with van der Waals surface area (Å²) in [6.07, 6.45) is -8.81. The van der Waals surface area contributed by atoms with Crippen LogP contribution in [0.4, 0.5) is 13.2 Å². The van der Waals surface area contributed by atoms with Crippen LogP contribution in [0.1, 0.15) is 6.42 Å². The van der Waals surface area contributed by atoms with Crippen LogP contribution in [0.15, 0.2) is 0 Å². The van der Waals surface area contributed by atoms with Gasteiger partial charge < -0.3 is 19.7 Å². The highest BCUT2D eigenvalue weighted by Crippen LogP contribution is 2.29. The van der Waals surface area contributed by atoms with Crippen LogP contribution in [0.25, 0.3) is 0 Å². The molecule has 1 aliphatic heterocycles. The fraction of sp³-hybridized carbons (Fsp3) is 1.00. The lowest BCUT2D eigenvalue weighted by atomic mass is 10.2. The third kappa shape index (κ3) is 3.09. The first-order valence-electron chi connectivity index (χ1n) is 4.05. The largest absolute Gasteiger partial charge is 0.394 e. The number of alkyl halides is 3. The molecule has 1 rings (SSSR count). The van der Waals surface area contributed by atoms with E-state index in [1.807, 2.05) is 0 Å². The van der Waals surface area contributed by atoms with Crippen molar-refractivity contribution in [3.63, 3.8) is 0 Å². The molecule has 0 amide bonds. The third-order valence-electron chi connectivity index (χ3n) is 1.83. The normalized spacial score (nSPS) is 33.6. The van der Waals surface area contributed by atoms with E-state index in [0.29, 0.717) is 0 Å². The number of aliphatic hydroxyl groups excluding tert-OH is 2. The van der Waals surface area contributed by atoms with Crippen molar-refractivity contribution in [3.05, 3.63) is 0 Å². The minimum absolute atomic E-state index is 0.473. The standard InChI is InChI=1S/C7H11F3O4/c8-7(9,10)1-6-13-4(2-11)5(3-12)14-6/h4-6,11-12H,1-3H2. The molecule has 84 valence electrons. The Morgan fingerprint density at radius 3 is 1.71 bits per heavy atom. The summed E-state index contributed by atoms with van der Waals surface area (Å²) >= 11 is 0. The predicted molar refractivity (Wildman–Crippen MR) is 38.4 cm³/mol. The summed E-state index contributed by atoms with van der Waals surface area (Å²) in [5.41, 5.74) is 0. The fourth-order valence-electron chi connectivity index (χ4n) is 1.20. The van der Waals surface area contributed by atoms with Gasteiger partial charge in [0.1, 0.15) is 12.2 Å². The maximum atomic E-state index is 11.9. The number of hydrogen-bond acceptors (Lipinski definition) is 4. The average Bonchev–Trinajstić information content (AvgIpc) is 2.43. The molecule has 14 heavy (non-hydrogen) atoms. The van der Waals surface area contributed by atoms with E-state index in [4.69, 9.17) is 19.7 Å². The van der Waals surface area contributed by atoms with Gasteiger partial charge in [0.25, 0.3) is 0 Å². The number of ether oxygens (including phenoxy) is 2. The number of halogens is 3. The molecular formula is C7H11F3O4. The van der Waals surface area contributed by atoms with E-state index in [9.17, 15) is 13.2 Å². The molecule has 0 radical (unpaired) electrons. The molecule has 7 heteroatoms. The monoisotopic (exact) mass is 216 g/mol. The SMILES string of the molecule is OCC1OC(CC(F)(F)F)OC1CO. The molecule has 1 aliphatic rings. The zero-order valence-corrected chi connectivity index (χ0v) is 7.20. The number of rotatable bonds is 3. The zero-order chi connectivity index (χ0) is 10.8. The van der Waals surface area contributed by atoms with Gasteiger partial charge in [-0.15, -0.1) is 0 Å². The van der Waals surface area contributed by atoms with E-state index in [1.54, 1.807) is 0 Å². The second-order valence-electron chi connectivity index (χ2n) is 2.96. The molecule has 2 N–H and O–H groups in total. The van der Waals surface area contributed by atoms with E-state index >= 15 is 0 Å². The molecule has 4 nitrogen and oxygen atoms in total. The Bertz CT molecular complexity index is 172. The van der Waals surface area contributed by atoms with Crippen molar-refractivity contribution in [2.24, 2.45) is 0 Å². The van der Waals surface area contributed by atoms with Crippen LogP contribution in [0.2, 0.25) is 0 Å². The predicted octanol–water partition coefficient (Wildman–Crippen LogP) is 0.0335. The van der Waals surface area contributed by atoms with Gasteiger partial charge in [0.2, 0.25) is 0 Å². The van der Waals surface area contributed by atoms with Gasteiger partial charge in [-0.2, -0.15) is 13.2 Å². The molecule has 0 bridgehead atoms. The molecule has 1 fully saturated rings. The second kappa shape index (κ2) is 4.43. The van der Waals surface area contributed by atoms with Gasteiger partial charge in [0.15, 0.2) is 6.29 Å². The van der Waals surface area contributed by atoms with Gasteiger partial charge >= 0.3 is 6.18 Å². The van der Waals surface area contributed by atoms with Crippen molar-refractivity contribution in [3.8, 4) is 0 Å². The molecule has 0 aromatic heterocycles. The summed E-state index contributed by atoms with van der Waals surface area (Å²) in [5.74, 6) is 0. The van der Waals surface area contributed by atoms with Crippen molar-refractivity contribution in [2.75, 3.05) is 13.2 Å². The summed E-state index contributed by atoms with van der Waals surface area (Å²) in [4.78, 5) is 0. The van der Waals surface area contributed by atoms with Gasteiger partial charge in [0.05, 0.1) is 19.6 Å². The molecule has 0 aromatic rings. The molecule has 0 aromatic carbocycles. The highest BCUT2D eigenvalue weighted by Gasteiger charge is 2.41. The van der Waals surface area contributed by atoms with E-state index < -0.39 is 44.3 Å². The number of hydrogen-bond donors (Lipinski definition) is 2. The summed E-state index contributed by atoms with van der Waals surface area (Å²) in [6, 6.07) is 0. The minimum atomic E-state index is -4.38. The van der Waals surface area contributed by atoms with Crippen LogP contribution in [0.3, 0.4) is 0 Å². The fourth-order valence-corrected chi connectivity index (χ4v) is 1.20. The Morgan fingerprint density at radius 1 is 1.00 bits per heavy atom. The van der Waals surface area contributed by atoms with Gasteiger partial charge in [-0.25, -0.2) is 0 Å². The first-order valence-corrected chi connectivity index (χ1v) is 4.05. The second-order valence-corrected chi connectivity index (χ2v) is 2.96. The average molecular weight is 216 g/mol. The summed E-state index contributed by atoms with van der Waals surface area (Å²) in [6.45, 7) is -0.945.